The van der Waals surface area contributed by atoms with E-state index in [9.17, 15) is 4.79 Å². The van der Waals surface area contributed by atoms with Gasteiger partial charge in [0.2, 0.25) is 0 Å². The van der Waals surface area contributed by atoms with Gasteiger partial charge in [0.1, 0.15) is 16.9 Å². The van der Waals surface area contributed by atoms with E-state index in [1.165, 1.54) is 0 Å². The lowest BCUT2D eigenvalue weighted by molar-refractivity contribution is -0.139. The van der Waals surface area contributed by atoms with Gasteiger partial charge in [0.15, 0.2) is 0 Å². The lowest BCUT2D eigenvalue weighted by Gasteiger charge is -2.27. The van der Waals surface area contributed by atoms with Crippen molar-refractivity contribution >= 4 is 22.5 Å². The predicted octanol–water partition coefficient (Wildman–Crippen LogP) is 3.39. The third-order valence-electron chi connectivity index (χ3n) is 3.82. The molecule has 0 saturated carbocycles. The maximum Gasteiger partial charge on any atom is 0.256 e. The van der Waals surface area contributed by atoms with Crippen LogP contribution in [0, 0.1) is 0 Å². The van der Waals surface area contributed by atoms with Crippen molar-refractivity contribution in [3.63, 3.8) is 0 Å². The number of carbonyl (C=O) groups is 1. The van der Waals surface area contributed by atoms with Crippen LogP contribution in [0.5, 0.6) is 5.75 Å². The van der Waals surface area contributed by atoms with E-state index >= 15 is 0 Å². The van der Waals surface area contributed by atoms with Gasteiger partial charge < -0.3 is 14.8 Å². The van der Waals surface area contributed by atoms with Gasteiger partial charge in [-0.05, 0) is 44.5 Å². The number of methoxy groups -OCH3 is 1. The van der Waals surface area contributed by atoms with Crippen molar-refractivity contribution in [2.24, 2.45) is 0 Å². The summed E-state index contributed by atoms with van der Waals surface area (Å²) in [6.45, 7) is 6.11. The number of hydrogen-bond acceptors (Lipinski definition) is 4. The van der Waals surface area contributed by atoms with Crippen molar-refractivity contribution in [1.82, 2.24) is 4.98 Å². The molecule has 1 heterocycles. The molecular weight excluding hydrogens is 280 g/mol. The molecule has 0 aliphatic carbocycles. The summed E-state index contributed by atoms with van der Waals surface area (Å²) >= 11 is 0. The zero-order valence-electron chi connectivity index (χ0n) is 13.5. The van der Waals surface area contributed by atoms with Crippen molar-refractivity contribution in [3.05, 3.63) is 30.5 Å². The number of benzene rings is 1. The molecule has 118 valence electrons. The largest absolute Gasteiger partial charge is 0.494 e. The van der Waals surface area contributed by atoms with Crippen molar-refractivity contribution in [2.75, 3.05) is 19.0 Å². The van der Waals surface area contributed by atoms with Crippen LogP contribution in [0.4, 0.5) is 5.69 Å². The Morgan fingerprint density at radius 1 is 1.32 bits per heavy atom. The van der Waals surface area contributed by atoms with Crippen molar-refractivity contribution in [1.29, 1.82) is 0 Å². The molecule has 1 amide bonds. The summed E-state index contributed by atoms with van der Waals surface area (Å²) in [5.74, 6) is 0.517. The van der Waals surface area contributed by atoms with Crippen molar-refractivity contribution in [2.45, 2.75) is 32.8 Å². The standard InChI is InChI=1S/C17H22N2O3/c1-5-17(3,22-6-2)16(20)19-13-9-10-14(21-4)15-12(13)8-7-11-18-15/h7-11H,5-6H2,1-4H3,(H,19,20). The van der Waals surface area contributed by atoms with Crippen LogP contribution in [0.2, 0.25) is 0 Å². The maximum absolute atomic E-state index is 12.6. The molecule has 2 rings (SSSR count). The number of hydrogen-bond donors (Lipinski definition) is 1. The van der Waals surface area contributed by atoms with E-state index in [4.69, 9.17) is 9.47 Å². The number of amides is 1. The summed E-state index contributed by atoms with van der Waals surface area (Å²) < 4.78 is 10.9. The van der Waals surface area contributed by atoms with Crippen LogP contribution in [0.15, 0.2) is 30.5 Å². The van der Waals surface area contributed by atoms with Crippen LogP contribution in [0.3, 0.4) is 0 Å². The van der Waals surface area contributed by atoms with Gasteiger partial charge >= 0.3 is 0 Å². The van der Waals surface area contributed by atoms with Gasteiger partial charge in [-0.3, -0.25) is 9.78 Å². The molecule has 22 heavy (non-hydrogen) atoms. The van der Waals surface area contributed by atoms with E-state index in [2.05, 4.69) is 10.3 Å². The summed E-state index contributed by atoms with van der Waals surface area (Å²) in [6.07, 6.45) is 2.30. The molecule has 0 radical (unpaired) electrons. The van der Waals surface area contributed by atoms with Crippen molar-refractivity contribution in [3.8, 4) is 5.75 Å². The molecule has 2 aromatic rings. The number of aromatic nitrogens is 1. The summed E-state index contributed by atoms with van der Waals surface area (Å²) in [6, 6.07) is 7.36. The Morgan fingerprint density at radius 3 is 2.73 bits per heavy atom. The van der Waals surface area contributed by atoms with Gasteiger partial charge in [-0.15, -0.1) is 0 Å². The van der Waals surface area contributed by atoms with Crippen LogP contribution in [0.1, 0.15) is 27.2 Å². The van der Waals surface area contributed by atoms with Crippen LogP contribution in [0.25, 0.3) is 10.9 Å². The van der Waals surface area contributed by atoms with E-state index in [0.717, 1.165) is 10.9 Å². The first kappa shape index (κ1) is 16.2. The van der Waals surface area contributed by atoms with Gasteiger partial charge in [-0.25, -0.2) is 0 Å². The quantitative estimate of drug-likeness (QED) is 0.888. The molecular formula is C17H22N2O3. The number of nitrogens with one attached hydrogen (secondary N) is 1. The molecule has 5 nitrogen and oxygen atoms in total. The monoisotopic (exact) mass is 302 g/mol. The number of nitrogens with zero attached hydrogens (tertiary/aromatic N) is 1. The smallest absolute Gasteiger partial charge is 0.256 e. The fourth-order valence-corrected chi connectivity index (χ4v) is 2.32. The van der Waals surface area contributed by atoms with E-state index in [-0.39, 0.29) is 5.91 Å². The minimum Gasteiger partial charge on any atom is -0.494 e. The Morgan fingerprint density at radius 2 is 2.09 bits per heavy atom. The first-order chi connectivity index (χ1) is 10.6. The van der Waals surface area contributed by atoms with E-state index < -0.39 is 5.60 Å². The number of pyridine rings is 1. The number of rotatable bonds is 6. The molecule has 0 bridgehead atoms. The van der Waals surface area contributed by atoms with E-state index in [1.807, 2.05) is 32.0 Å². The highest BCUT2D eigenvalue weighted by Crippen LogP contribution is 2.30. The Bertz CT molecular complexity index is 672. The summed E-state index contributed by atoms with van der Waals surface area (Å²) in [7, 11) is 1.60. The molecule has 0 fully saturated rings. The SMILES string of the molecule is CCOC(C)(CC)C(=O)Nc1ccc(OC)c2ncccc12. The molecule has 1 aromatic carbocycles. The molecule has 0 aliphatic rings. The molecule has 1 unspecified atom stereocenters. The summed E-state index contributed by atoms with van der Waals surface area (Å²) in [5, 5.41) is 3.79. The lowest BCUT2D eigenvalue weighted by atomic mass is 10.0. The van der Waals surface area contributed by atoms with Gasteiger partial charge in [-0.1, -0.05) is 6.92 Å². The second-order valence-electron chi connectivity index (χ2n) is 5.19. The zero-order chi connectivity index (χ0) is 16.2. The van der Waals surface area contributed by atoms with Crippen LogP contribution in [-0.4, -0.2) is 30.2 Å². The molecule has 0 spiro atoms. The Kier molecular flexibility index (Phi) is 4.98. The number of fused-ring (bicyclic) bond motifs is 1. The maximum atomic E-state index is 12.6. The van der Waals surface area contributed by atoms with Crippen LogP contribution >= 0.6 is 0 Å². The number of anilines is 1. The Hall–Kier alpha value is -2.14. The minimum atomic E-state index is -0.844. The van der Waals surface area contributed by atoms with Gasteiger partial charge in [0.05, 0.1) is 12.8 Å². The van der Waals surface area contributed by atoms with Crippen molar-refractivity contribution < 1.29 is 14.3 Å². The predicted molar refractivity (Wildman–Crippen MR) is 87.2 cm³/mol. The second kappa shape index (κ2) is 6.75. The normalized spacial score (nSPS) is 13.6. The van der Waals surface area contributed by atoms with Crippen LogP contribution in [-0.2, 0) is 9.53 Å². The van der Waals surface area contributed by atoms with Gasteiger partial charge in [0.25, 0.3) is 5.91 Å². The van der Waals surface area contributed by atoms with Gasteiger partial charge in [0, 0.05) is 18.2 Å². The Balaban J connectivity index is 2.38. The minimum absolute atomic E-state index is 0.160. The van der Waals surface area contributed by atoms with Gasteiger partial charge in [-0.2, -0.15) is 0 Å². The fourth-order valence-electron chi connectivity index (χ4n) is 2.32. The van der Waals surface area contributed by atoms with Crippen LogP contribution < -0.4 is 10.1 Å². The summed E-state index contributed by atoms with van der Waals surface area (Å²) in [4.78, 5) is 16.9. The molecule has 1 atom stereocenters. The third-order valence-corrected chi connectivity index (χ3v) is 3.82. The number of carbonyl (C=O) groups excluding carboxylic acids is 1. The zero-order valence-corrected chi connectivity index (χ0v) is 13.5. The summed E-state index contributed by atoms with van der Waals surface area (Å²) in [5.41, 5.74) is 0.578. The van der Waals surface area contributed by atoms with E-state index in [0.29, 0.717) is 24.5 Å². The molecule has 1 aromatic heterocycles. The fraction of sp³-hybridized carbons (Fsp3) is 0.412. The first-order valence-electron chi connectivity index (χ1n) is 7.42. The molecule has 1 N–H and O–H groups in total. The average molecular weight is 302 g/mol. The highest BCUT2D eigenvalue weighted by atomic mass is 16.5. The third kappa shape index (κ3) is 3.04. The second-order valence-corrected chi connectivity index (χ2v) is 5.19. The first-order valence-corrected chi connectivity index (χ1v) is 7.42. The van der Waals surface area contributed by atoms with E-state index in [1.54, 1.807) is 26.3 Å². The molecule has 0 saturated heterocycles. The lowest BCUT2D eigenvalue weighted by Crippen LogP contribution is -2.42. The molecule has 5 heteroatoms. The number of ether oxygens (including phenoxy) is 2. The average Bonchev–Trinajstić information content (AvgIpc) is 2.55. The topological polar surface area (TPSA) is 60.5 Å². The molecule has 0 aliphatic heterocycles. The highest BCUT2D eigenvalue weighted by molar-refractivity contribution is 6.05. The Labute approximate surface area is 130 Å². The highest BCUT2D eigenvalue weighted by Gasteiger charge is 2.32.